The average molecular weight is 355 g/mol. The Balaban J connectivity index is 1.40. The second kappa shape index (κ2) is 9.56. The lowest BCUT2D eigenvalue weighted by atomic mass is 10.0. The number of aliphatic imine (C=N–C) groups is 1. The van der Waals surface area contributed by atoms with E-state index in [2.05, 4.69) is 26.6 Å². The topological polar surface area (TPSA) is 72.7 Å². The first-order valence-corrected chi connectivity index (χ1v) is 9.53. The summed E-state index contributed by atoms with van der Waals surface area (Å²) in [6.45, 7) is 5.97. The minimum atomic E-state index is 0.461. The molecule has 2 fully saturated rings. The zero-order valence-corrected chi connectivity index (χ0v) is 15.6. The van der Waals surface area contributed by atoms with Gasteiger partial charge in [-0.25, -0.2) is 0 Å². The maximum absolute atomic E-state index is 9.00. The normalized spacial score (nSPS) is 22.2. The molecule has 0 aliphatic carbocycles. The quantitative estimate of drug-likeness (QED) is 0.622. The van der Waals surface area contributed by atoms with E-state index >= 15 is 0 Å². The SMILES string of the molecule is CN=C(NCc1cccc(C#N)c1)NC1CCN(CC2CCOC2)CC1. The van der Waals surface area contributed by atoms with E-state index < -0.39 is 0 Å². The van der Waals surface area contributed by atoms with Gasteiger partial charge in [0.25, 0.3) is 0 Å². The third-order valence-electron chi connectivity index (χ3n) is 5.21. The molecule has 0 saturated carbocycles. The van der Waals surface area contributed by atoms with Gasteiger partial charge in [-0.15, -0.1) is 0 Å². The van der Waals surface area contributed by atoms with Crippen LogP contribution in [0.4, 0.5) is 0 Å². The van der Waals surface area contributed by atoms with Crippen molar-refractivity contribution in [3.8, 4) is 6.07 Å². The van der Waals surface area contributed by atoms with Crippen molar-refractivity contribution < 1.29 is 4.74 Å². The smallest absolute Gasteiger partial charge is 0.191 e. The van der Waals surface area contributed by atoms with E-state index in [9.17, 15) is 0 Å². The number of nitriles is 1. The Hall–Kier alpha value is -2.10. The van der Waals surface area contributed by atoms with Gasteiger partial charge < -0.3 is 20.3 Å². The molecule has 0 bridgehead atoms. The number of piperidine rings is 1. The van der Waals surface area contributed by atoms with Crippen molar-refractivity contribution in [2.45, 2.75) is 31.8 Å². The van der Waals surface area contributed by atoms with Gasteiger partial charge in [0.2, 0.25) is 0 Å². The van der Waals surface area contributed by atoms with E-state index in [1.807, 2.05) is 24.3 Å². The molecule has 2 saturated heterocycles. The molecule has 140 valence electrons. The Morgan fingerprint density at radius 1 is 1.35 bits per heavy atom. The standard InChI is InChI=1S/C20H29N5O/c1-22-20(23-13-17-4-2-3-16(11-17)12-21)24-19-5-8-25(9-6-19)14-18-7-10-26-15-18/h2-4,11,18-19H,5-10,13-15H2,1H3,(H2,22,23,24). The Kier molecular flexibility index (Phi) is 6.87. The molecule has 0 aromatic heterocycles. The van der Waals surface area contributed by atoms with Crippen LogP contribution in [-0.2, 0) is 11.3 Å². The van der Waals surface area contributed by atoms with Crippen LogP contribution in [-0.4, -0.2) is 56.8 Å². The monoisotopic (exact) mass is 355 g/mol. The summed E-state index contributed by atoms with van der Waals surface area (Å²) >= 11 is 0. The summed E-state index contributed by atoms with van der Waals surface area (Å²) in [5, 5.41) is 15.9. The summed E-state index contributed by atoms with van der Waals surface area (Å²) in [6.07, 6.45) is 3.48. The van der Waals surface area contributed by atoms with Gasteiger partial charge in [-0.1, -0.05) is 12.1 Å². The van der Waals surface area contributed by atoms with Crippen molar-refractivity contribution in [3.05, 3.63) is 35.4 Å². The predicted molar refractivity (Wildman–Crippen MR) is 103 cm³/mol. The Bertz CT molecular complexity index is 640. The minimum absolute atomic E-state index is 0.461. The molecule has 2 aliphatic rings. The van der Waals surface area contributed by atoms with Crippen LogP contribution in [0.25, 0.3) is 0 Å². The highest BCUT2D eigenvalue weighted by atomic mass is 16.5. The van der Waals surface area contributed by atoms with Gasteiger partial charge in [-0.3, -0.25) is 4.99 Å². The molecular formula is C20H29N5O. The van der Waals surface area contributed by atoms with E-state index in [4.69, 9.17) is 10.00 Å². The summed E-state index contributed by atoms with van der Waals surface area (Å²) in [5.74, 6) is 1.55. The molecule has 3 rings (SSSR count). The van der Waals surface area contributed by atoms with Gasteiger partial charge in [0.15, 0.2) is 5.96 Å². The molecule has 1 aromatic carbocycles. The van der Waals surface area contributed by atoms with Crippen molar-refractivity contribution in [2.75, 3.05) is 39.9 Å². The first-order valence-electron chi connectivity index (χ1n) is 9.53. The van der Waals surface area contributed by atoms with Gasteiger partial charge >= 0.3 is 0 Å². The van der Waals surface area contributed by atoms with Crippen LogP contribution in [0.1, 0.15) is 30.4 Å². The maximum atomic E-state index is 9.00. The zero-order valence-electron chi connectivity index (χ0n) is 15.6. The van der Waals surface area contributed by atoms with Crippen LogP contribution in [0.5, 0.6) is 0 Å². The van der Waals surface area contributed by atoms with Crippen LogP contribution < -0.4 is 10.6 Å². The van der Waals surface area contributed by atoms with Crippen molar-refractivity contribution in [1.29, 1.82) is 5.26 Å². The van der Waals surface area contributed by atoms with E-state index in [1.165, 1.54) is 13.0 Å². The van der Waals surface area contributed by atoms with Gasteiger partial charge in [0, 0.05) is 45.9 Å². The molecule has 2 aliphatic heterocycles. The number of guanidine groups is 1. The molecule has 0 radical (unpaired) electrons. The highest BCUT2D eigenvalue weighted by molar-refractivity contribution is 5.79. The first kappa shape index (κ1) is 18.7. The molecule has 6 nitrogen and oxygen atoms in total. The number of hydrogen-bond acceptors (Lipinski definition) is 4. The number of rotatable bonds is 5. The third kappa shape index (κ3) is 5.45. The predicted octanol–water partition coefficient (Wildman–Crippen LogP) is 1.72. The lowest BCUT2D eigenvalue weighted by Crippen LogP contribution is -2.49. The molecular weight excluding hydrogens is 326 g/mol. The number of ether oxygens (including phenoxy) is 1. The second-order valence-electron chi connectivity index (χ2n) is 7.19. The Morgan fingerprint density at radius 2 is 2.19 bits per heavy atom. The van der Waals surface area contributed by atoms with Crippen molar-refractivity contribution in [2.24, 2.45) is 10.9 Å². The van der Waals surface area contributed by atoms with Gasteiger partial charge in [-0.05, 0) is 42.9 Å². The summed E-state index contributed by atoms with van der Waals surface area (Å²) in [6, 6.07) is 10.3. The lowest BCUT2D eigenvalue weighted by molar-refractivity contribution is 0.150. The van der Waals surface area contributed by atoms with Crippen LogP contribution >= 0.6 is 0 Å². The fourth-order valence-corrected chi connectivity index (χ4v) is 3.68. The lowest BCUT2D eigenvalue weighted by Gasteiger charge is -2.34. The second-order valence-corrected chi connectivity index (χ2v) is 7.19. The summed E-state index contributed by atoms with van der Waals surface area (Å²) in [7, 11) is 1.80. The molecule has 2 N–H and O–H groups in total. The summed E-state index contributed by atoms with van der Waals surface area (Å²) in [5.41, 5.74) is 1.77. The van der Waals surface area contributed by atoms with E-state index in [0.29, 0.717) is 18.2 Å². The van der Waals surface area contributed by atoms with Gasteiger partial charge in [0.1, 0.15) is 0 Å². The largest absolute Gasteiger partial charge is 0.381 e. The molecule has 0 amide bonds. The number of likely N-dealkylation sites (tertiary alicyclic amines) is 1. The van der Waals surface area contributed by atoms with Crippen LogP contribution in [0.3, 0.4) is 0 Å². The number of hydrogen-bond donors (Lipinski definition) is 2. The van der Waals surface area contributed by atoms with Crippen LogP contribution in [0.15, 0.2) is 29.3 Å². The average Bonchev–Trinajstić information content (AvgIpc) is 3.19. The van der Waals surface area contributed by atoms with E-state index in [1.54, 1.807) is 7.05 Å². The minimum Gasteiger partial charge on any atom is -0.381 e. The maximum Gasteiger partial charge on any atom is 0.191 e. The Morgan fingerprint density at radius 3 is 2.88 bits per heavy atom. The summed E-state index contributed by atoms with van der Waals surface area (Å²) < 4.78 is 5.48. The number of benzene rings is 1. The van der Waals surface area contributed by atoms with Gasteiger partial charge in [-0.2, -0.15) is 5.26 Å². The highest BCUT2D eigenvalue weighted by Gasteiger charge is 2.24. The number of nitrogens with zero attached hydrogens (tertiary/aromatic N) is 3. The van der Waals surface area contributed by atoms with Crippen molar-refractivity contribution in [1.82, 2.24) is 15.5 Å². The molecule has 6 heteroatoms. The first-order chi connectivity index (χ1) is 12.8. The fourth-order valence-electron chi connectivity index (χ4n) is 3.68. The van der Waals surface area contributed by atoms with Crippen LogP contribution in [0.2, 0.25) is 0 Å². The van der Waals surface area contributed by atoms with E-state index in [-0.39, 0.29) is 0 Å². The Labute approximate surface area is 156 Å². The molecule has 0 spiro atoms. The van der Waals surface area contributed by atoms with Crippen LogP contribution in [0, 0.1) is 17.2 Å². The molecule has 26 heavy (non-hydrogen) atoms. The zero-order chi connectivity index (χ0) is 18.2. The van der Waals surface area contributed by atoms with Crippen molar-refractivity contribution >= 4 is 5.96 Å². The van der Waals surface area contributed by atoms with Gasteiger partial charge in [0.05, 0.1) is 18.2 Å². The summed E-state index contributed by atoms with van der Waals surface area (Å²) in [4.78, 5) is 6.91. The third-order valence-corrected chi connectivity index (χ3v) is 5.21. The van der Waals surface area contributed by atoms with Crippen molar-refractivity contribution in [3.63, 3.8) is 0 Å². The number of nitrogens with one attached hydrogen (secondary N) is 2. The molecule has 1 aromatic rings. The molecule has 2 heterocycles. The fraction of sp³-hybridized carbons (Fsp3) is 0.600. The highest BCUT2D eigenvalue weighted by Crippen LogP contribution is 2.17. The van der Waals surface area contributed by atoms with E-state index in [0.717, 1.165) is 56.6 Å². The molecule has 1 atom stereocenters. The molecule has 1 unspecified atom stereocenters.